The molecule has 0 radical (unpaired) electrons. The summed E-state index contributed by atoms with van der Waals surface area (Å²) in [5.41, 5.74) is 9.62. The number of nitrogens with one attached hydrogen (secondary N) is 1. The van der Waals surface area contributed by atoms with Crippen LogP contribution in [0, 0.1) is 6.92 Å². The minimum atomic E-state index is 0.798. The van der Waals surface area contributed by atoms with Crippen LogP contribution in [-0.2, 0) is 0 Å². The number of ether oxygens (including phenoxy) is 1. The largest absolute Gasteiger partial charge is 0.497 e. The second-order valence-corrected chi connectivity index (χ2v) is 4.99. The lowest BCUT2D eigenvalue weighted by Crippen LogP contribution is -1.94. The van der Waals surface area contributed by atoms with Crippen molar-refractivity contribution in [1.29, 1.82) is 0 Å². The molecule has 4 heteroatoms. The minimum absolute atomic E-state index is 0.798. The zero-order chi connectivity index (χ0) is 13.1. The first-order valence-electron chi connectivity index (χ1n) is 5.56. The second kappa shape index (κ2) is 5.31. The van der Waals surface area contributed by atoms with Gasteiger partial charge in [0.1, 0.15) is 5.75 Å². The molecule has 2 rings (SSSR count). The summed E-state index contributed by atoms with van der Waals surface area (Å²) in [7, 11) is 1.65. The van der Waals surface area contributed by atoms with E-state index in [-0.39, 0.29) is 0 Å². The van der Waals surface area contributed by atoms with E-state index in [2.05, 4.69) is 21.2 Å². The van der Waals surface area contributed by atoms with Crippen molar-refractivity contribution in [3.05, 3.63) is 46.4 Å². The van der Waals surface area contributed by atoms with Crippen molar-refractivity contribution >= 4 is 33.0 Å². The zero-order valence-corrected chi connectivity index (χ0v) is 11.9. The molecule has 3 N–H and O–H groups in total. The number of hydrogen-bond acceptors (Lipinski definition) is 3. The fourth-order valence-corrected chi connectivity index (χ4v) is 2.15. The molecule has 0 aliphatic carbocycles. The van der Waals surface area contributed by atoms with Crippen LogP contribution in [-0.4, -0.2) is 7.11 Å². The number of rotatable bonds is 3. The summed E-state index contributed by atoms with van der Waals surface area (Å²) in [6, 6.07) is 11.7. The van der Waals surface area contributed by atoms with E-state index in [9.17, 15) is 0 Å². The van der Waals surface area contributed by atoms with Gasteiger partial charge in [-0.05, 0) is 42.8 Å². The molecule has 0 saturated carbocycles. The number of nitrogen functional groups attached to an aromatic ring is 1. The van der Waals surface area contributed by atoms with Crippen molar-refractivity contribution in [2.45, 2.75) is 6.92 Å². The van der Waals surface area contributed by atoms with Crippen LogP contribution in [0.5, 0.6) is 5.75 Å². The molecule has 0 saturated heterocycles. The van der Waals surface area contributed by atoms with E-state index in [4.69, 9.17) is 10.5 Å². The molecule has 0 fully saturated rings. The molecule has 0 aliphatic rings. The number of hydrogen-bond donors (Lipinski definition) is 2. The number of aryl methyl sites for hydroxylation is 1. The van der Waals surface area contributed by atoms with E-state index in [0.717, 1.165) is 32.8 Å². The summed E-state index contributed by atoms with van der Waals surface area (Å²) >= 11 is 3.45. The number of anilines is 3. The maximum Gasteiger partial charge on any atom is 0.122 e. The Balaban J connectivity index is 2.27. The van der Waals surface area contributed by atoms with Crippen molar-refractivity contribution in [2.75, 3.05) is 18.2 Å². The van der Waals surface area contributed by atoms with Crippen molar-refractivity contribution in [3.63, 3.8) is 0 Å². The third kappa shape index (κ3) is 2.96. The quantitative estimate of drug-likeness (QED) is 0.840. The predicted molar refractivity (Wildman–Crippen MR) is 79.6 cm³/mol. The van der Waals surface area contributed by atoms with Crippen LogP contribution in [0.2, 0.25) is 0 Å². The molecule has 0 aromatic heterocycles. The van der Waals surface area contributed by atoms with Crippen LogP contribution in [0.3, 0.4) is 0 Å². The highest BCUT2D eigenvalue weighted by Crippen LogP contribution is 2.27. The van der Waals surface area contributed by atoms with Gasteiger partial charge in [0.05, 0.1) is 7.11 Å². The lowest BCUT2D eigenvalue weighted by Gasteiger charge is -2.10. The molecule has 2 aromatic rings. The van der Waals surface area contributed by atoms with Gasteiger partial charge in [-0.1, -0.05) is 15.9 Å². The fourth-order valence-electron chi connectivity index (χ4n) is 1.67. The average Bonchev–Trinajstić information content (AvgIpc) is 2.33. The Kier molecular flexibility index (Phi) is 3.77. The molecule has 0 aliphatic heterocycles. The third-order valence-corrected chi connectivity index (χ3v) is 3.12. The van der Waals surface area contributed by atoms with E-state index < -0.39 is 0 Å². The molecule has 0 spiro atoms. The number of methoxy groups -OCH3 is 1. The topological polar surface area (TPSA) is 47.3 Å². The van der Waals surface area contributed by atoms with Gasteiger partial charge in [0.2, 0.25) is 0 Å². The summed E-state index contributed by atoms with van der Waals surface area (Å²) in [5.74, 6) is 0.805. The highest BCUT2D eigenvalue weighted by atomic mass is 79.9. The summed E-state index contributed by atoms with van der Waals surface area (Å²) < 4.78 is 6.20. The first-order chi connectivity index (χ1) is 8.58. The first kappa shape index (κ1) is 12.8. The van der Waals surface area contributed by atoms with Crippen molar-refractivity contribution in [1.82, 2.24) is 0 Å². The van der Waals surface area contributed by atoms with Gasteiger partial charge in [0.15, 0.2) is 0 Å². The monoisotopic (exact) mass is 306 g/mol. The Labute approximate surface area is 115 Å². The molecular formula is C14H15BrN2O. The molecule has 0 bridgehead atoms. The van der Waals surface area contributed by atoms with E-state index in [1.54, 1.807) is 7.11 Å². The van der Waals surface area contributed by atoms with E-state index in [0.29, 0.717) is 0 Å². The van der Waals surface area contributed by atoms with E-state index >= 15 is 0 Å². The summed E-state index contributed by atoms with van der Waals surface area (Å²) in [4.78, 5) is 0. The van der Waals surface area contributed by atoms with Gasteiger partial charge in [-0.2, -0.15) is 0 Å². The van der Waals surface area contributed by atoms with Gasteiger partial charge in [-0.15, -0.1) is 0 Å². The van der Waals surface area contributed by atoms with Crippen LogP contribution < -0.4 is 15.8 Å². The lowest BCUT2D eigenvalue weighted by molar-refractivity contribution is 0.415. The molecule has 0 heterocycles. The first-order valence-corrected chi connectivity index (χ1v) is 6.35. The van der Waals surface area contributed by atoms with E-state index in [1.165, 1.54) is 0 Å². The summed E-state index contributed by atoms with van der Waals surface area (Å²) in [5, 5.41) is 3.32. The maximum absolute atomic E-state index is 5.80. The standard InChI is InChI=1S/C14H15BrN2O/c1-9-5-11(3-4-14(9)16)17-12-6-10(15)7-13(8-12)18-2/h3-8,17H,16H2,1-2H3. The third-order valence-electron chi connectivity index (χ3n) is 2.67. The Morgan fingerprint density at radius 3 is 2.56 bits per heavy atom. The molecule has 2 aromatic carbocycles. The molecular weight excluding hydrogens is 292 g/mol. The molecule has 0 unspecified atom stereocenters. The smallest absolute Gasteiger partial charge is 0.122 e. The van der Waals surface area contributed by atoms with Gasteiger partial charge < -0.3 is 15.8 Å². The van der Waals surface area contributed by atoms with Crippen LogP contribution in [0.4, 0.5) is 17.1 Å². The van der Waals surface area contributed by atoms with Crippen molar-refractivity contribution in [3.8, 4) is 5.75 Å². The Hall–Kier alpha value is -1.68. The SMILES string of the molecule is COc1cc(Br)cc(Nc2ccc(N)c(C)c2)c1. The van der Waals surface area contributed by atoms with Gasteiger partial charge in [0.25, 0.3) is 0 Å². The predicted octanol–water partition coefficient (Wildman–Crippen LogP) is 4.09. The van der Waals surface area contributed by atoms with E-state index in [1.807, 2.05) is 43.3 Å². The fraction of sp³-hybridized carbons (Fsp3) is 0.143. The second-order valence-electron chi connectivity index (χ2n) is 4.08. The van der Waals surface area contributed by atoms with Crippen LogP contribution in [0.15, 0.2) is 40.9 Å². The summed E-state index contributed by atoms with van der Waals surface area (Å²) in [6.45, 7) is 1.99. The van der Waals surface area contributed by atoms with Gasteiger partial charge >= 0.3 is 0 Å². The normalized spacial score (nSPS) is 10.2. The maximum atomic E-state index is 5.80. The Morgan fingerprint density at radius 1 is 1.11 bits per heavy atom. The molecule has 18 heavy (non-hydrogen) atoms. The van der Waals surface area contributed by atoms with Gasteiger partial charge in [-0.25, -0.2) is 0 Å². The number of benzene rings is 2. The number of halogens is 1. The molecule has 0 atom stereocenters. The highest BCUT2D eigenvalue weighted by molar-refractivity contribution is 9.10. The van der Waals surface area contributed by atoms with Gasteiger partial charge in [0, 0.05) is 27.6 Å². The van der Waals surface area contributed by atoms with Gasteiger partial charge in [-0.3, -0.25) is 0 Å². The molecule has 0 amide bonds. The number of nitrogens with two attached hydrogens (primary N) is 1. The van der Waals surface area contributed by atoms with Crippen molar-refractivity contribution in [2.24, 2.45) is 0 Å². The average molecular weight is 307 g/mol. The van der Waals surface area contributed by atoms with Crippen molar-refractivity contribution < 1.29 is 4.74 Å². The Bertz CT molecular complexity index is 570. The minimum Gasteiger partial charge on any atom is -0.497 e. The molecule has 94 valence electrons. The molecule has 3 nitrogen and oxygen atoms in total. The van der Waals surface area contributed by atoms with Crippen LogP contribution in [0.1, 0.15) is 5.56 Å². The van der Waals surface area contributed by atoms with Crippen LogP contribution in [0.25, 0.3) is 0 Å². The highest BCUT2D eigenvalue weighted by Gasteiger charge is 2.01. The zero-order valence-electron chi connectivity index (χ0n) is 10.3. The van der Waals surface area contributed by atoms with Crippen LogP contribution >= 0.6 is 15.9 Å². The lowest BCUT2D eigenvalue weighted by atomic mass is 10.2. The Morgan fingerprint density at radius 2 is 1.89 bits per heavy atom. The summed E-state index contributed by atoms with van der Waals surface area (Å²) in [6.07, 6.45) is 0.